The normalized spacial score (nSPS) is 21.0. The lowest BCUT2D eigenvalue weighted by atomic mass is 9.93. The summed E-state index contributed by atoms with van der Waals surface area (Å²) in [4.78, 5) is 6.07. The van der Waals surface area contributed by atoms with Gasteiger partial charge in [0.15, 0.2) is 0 Å². The topological polar surface area (TPSA) is 48.1 Å². The summed E-state index contributed by atoms with van der Waals surface area (Å²) >= 11 is 1.74. The highest BCUT2D eigenvalue weighted by Gasteiger charge is 2.39. The van der Waals surface area contributed by atoms with E-state index in [1.54, 1.807) is 18.4 Å². The third-order valence-corrected chi connectivity index (χ3v) is 5.39. The summed E-state index contributed by atoms with van der Waals surface area (Å²) < 4.78 is 5.35. The number of methoxy groups -OCH3 is 1. The van der Waals surface area contributed by atoms with E-state index in [2.05, 4.69) is 26.0 Å². The molecule has 0 amide bonds. The molecule has 0 radical (unpaired) electrons. The Balaban J connectivity index is 2.10. The lowest BCUT2D eigenvalue weighted by Crippen LogP contribution is -2.35. The van der Waals surface area contributed by atoms with Gasteiger partial charge >= 0.3 is 0 Å². The fourth-order valence-electron chi connectivity index (χ4n) is 2.95. The first-order valence-electron chi connectivity index (χ1n) is 7.01. The van der Waals surface area contributed by atoms with Crippen molar-refractivity contribution in [3.05, 3.63) is 44.9 Å². The summed E-state index contributed by atoms with van der Waals surface area (Å²) in [5.74, 6) is 0.865. The van der Waals surface area contributed by atoms with Gasteiger partial charge < -0.3 is 10.5 Å². The maximum atomic E-state index is 6.74. The van der Waals surface area contributed by atoms with Crippen molar-refractivity contribution in [2.45, 2.75) is 38.6 Å². The van der Waals surface area contributed by atoms with E-state index < -0.39 is 5.54 Å². The minimum atomic E-state index is -0.452. The summed E-state index contributed by atoms with van der Waals surface area (Å²) in [6, 6.07) is 6.21. The van der Waals surface area contributed by atoms with E-state index >= 15 is 0 Å². The van der Waals surface area contributed by atoms with Gasteiger partial charge in [0.1, 0.15) is 10.8 Å². The minimum absolute atomic E-state index is 0.452. The monoisotopic (exact) mass is 288 g/mol. The molecule has 3 rings (SSSR count). The fraction of sp³-hybridized carbons (Fsp3) is 0.438. The van der Waals surface area contributed by atoms with Crippen molar-refractivity contribution in [1.82, 2.24) is 4.98 Å². The number of hydrogen-bond donors (Lipinski definition) is 1. The van der Waals surface area contributed by atoms with Crippen LogP contribution in [0.25, 0.3) is 0 Å². The molecule has 1 heterocycles. The maximum Gasteiger partial charge on any atom is 0.119 e. The first kappa shape index (κ1) is 13.6. The molecule has 0 bridgehead atoms. The zero-order valence-electron chi connectivity index (χ0n) is 12.2. The van der Waals surface area contributed by atoms with Gasteiger partial charge in [0.2, 0.25) is 0 Å². The molecule has 0 spiro atoms. The summed E-state index contributed by atoms with van der Waals surface area (Å²) in [7, 11) is 1.69. The van der Waals surface area contributed by atoms with E-state index in [0.717, 1.165) is 30.0 Å². The van der Waals surface area contributed by atoms with Crippen molar-refractivity contribution in [3.63, 3.8) is 0 Å². The average Bonchev–Trinajstić information content (AvgIpc) is 3.01. The van der Waals surface area contributed by atoms with E-state index in [0.29, 0.717) is 0 Å². The second-order valence-corrected chi connectivity index (χ2v) is 6.57. The van der Waals surface area contributed by atoms with Crippen LogP contribution in [0.4, 0.5) is 0 Å². The summed E-state index contributed by atoms with van der Waals surface area (Å²) in [5.41, 5.74) is 9.96. The number of benzene rings is 1. The van der Waals surface area contributed by atoms with Gasteiger partial charge in [0, 0.05) is 4.88 Å². The predicted octanol–water partition coefficient (Wildman–Crippen LogP) is 3.17. The van der Waals surface area contributed by atoms with Gasteiger partial charge in [-0.05, 0) is 49.4 Å². The van der Waals surface area contributed by atoms with Gasteiger partial charge in [-0.25, -0.2) is 4.98 Å². The van der Waals surface area contributed by atoms with Crippen LogP contribution in [0.15, 0.2) is 18.2 Å². The van der Waals surface area contributed by atoms with Crippen LogP contribution < -0.4 is 10.5 Å². The van der Waals surface area contributed by atoms with E-state index in [9.17, 15) is 0 Å². The Morgan fingerprint density at radius 3 is 2.90 bits per heavy atom. The van der Waals surface area contributed by atoms with Crippen molar-refractivity contribution in [2.75, 3.05) is 7.11 Å². The van der Waals surface area contributed by atoms with Crippen molar-refractivity contribution in [2.24, 2.45) is 5.73 Å². The first-order chi connectivity index (χ1) is 9.58. The van der Waals surface area contributed by atoms with Gasteiger partial charge in [-0.2, -0.15) is 0 Å². The molecule has 3 nitrogen and oxygen atoms in total. The molecule has 4 heteroatoms. The minimum Gasteiger partial charge on any atom is -0.497 e. The number of nitrogens with two attached hydrogens (primary N) is 1. The molecule has 0 fully saturated rings. The molecule has 1 aromatic heterocycles. The molecule has 1 atom stereocenters. The molecule has 20 heavy (non-hydrogen) atoms. The van der Waals surface area contributed by atoms with Crippen molar-refractivity contribution < 1.29 is 4.74 Å². The van der Waals surface area contributed by atoms with Gasteiger partial charge in [0.25, 0.3) is 0 Å². The lowest BCUT2D eigenvalue weighted by Gasteiger charge is -2.23. The second kappa shape index (κ2) is 4.86. The standard InChI is InChI=1S/C16H20N2OS/c1-4-14-10(2)20-15(18-14)16(17)8-7-11-5-6-12(19-3)9-13(11)16/h5-6,9H,4,7-8,17H2,1-3H3. The SMILES string of the molecule is CCc1nc(C2(N)CCc3ccc(OC)cc32)sc1C. The van der Waals surface area contributed by atoms with Gasteiger partial charge in [-0.1, -0.05) is 13.0 Å². The molecule has 0 saturated carbocycles. The van der Waals surface area contributed by atoms with Crippen molar-refractivity contribution in [3.8, 4) is 5.75 Å². The Kier molecular flexibility index (Phi) is 3.30. The van der Waals surface area contributed by atoms with E-state index in [4.69, 9.17) is 15.5 Å². The zero-order valence-corrected chi connectivity index (χ0v) is 13.0. The molecule has 0 saturated heterocycles. The summed E-state index contributed by atoms with van der Waals surface area (Å²) in [6.45, 7) is 4.27. The Hall–Kier alpha value is -1.39. The highest BCUT2D eigenvalue weighted by atomic mass is 32.1. The van der Waals surface area contributed by atoms with E-state index in [1.165, 1.54) is 21.7 Å². The summed E-state index contributed by atoms with van der Waals surface area (Å²) in [6.07, 6.45) is 2.89. The Morgan fingerprint density at radius 1 is 1.45 bits per heavy atom. The lowest BCUT2D eigenvalue weighted by molar-refractivity contribution is 0.413. The van der Waals surface area contributed by atoms with Crippen molar-refractivity contribution >= 4 is 11.3 Å². The smallest absolute Gasteiger partial charge is 0.119 e. The third kappa shape index (κ3) is 1.95. The number of aryl methyl sites for hydroxylation is 3. The van der Waals surface area contributed by atoms with Crippen molar-refractivity contribution in [1.29, 1.82) is 0 Å². The van der Waals surface area contributed by atoms with Crippen LogP contribution in [-0.2, 0) is 18.4 Å². The number of thiazole rings is 1. The quantitative estimate of drug-likeness (QED) is 0.943. The van der Waals surface area contributed by atoms with Gasteiger partial charge in [-0.15, -0.1) is 11.3 Å². The van der Waals surface area contributed by atoms with Crippen LogP contribution in [-0.4, -0.2) is 12.1 Å². The molecule has 106 valence electrons. The Bertz CT molecular complexity index is 650. The van der Waals surface area contributed by atoms with Gasteiger partial charge in [-0.3, -0.25) is 0 Å². The van der Waals surface area contributed by atoms with Crippen LogP contribution in [0.2, 0.25) is 0 Å². The first-order valence-corrected chi connectivity index (χ1v) is 7.83. The number of hydrogen-bond acceptors (Lipinski definition) is 4. The highest BCUT2D eigenvalue weighted by Crippen LogP contribution is 2.43. The van der Waals surface area contributed by atoms with Crippen LogP contribution in [0, 0.1) is 6.92 Å². The van der Waals surface area contributed by atoms with Crippen LogP contribution in [0.3, 0.4) is 0 Å². The number of fused-ring (bicyclic) bond motifs is 1. The number of rotatable bonds is 3. The molecule has 2 N–H and O–H groups in total. The molecular formula is C16H20N2OS. The Morgan fingerprint density at radius 2 is 2.25 bits per heavy atom. The molecule has 1 aromatic carbocycles. The second-order valence-electron chi connectivity index (χ2n) is 5.37. The highest BCUT2D eigenvalue weighted by molar-refractivity contribution is 7.11. The molecule has 0 aliphatic heterocycles. The predicted molar refractivity (Wildman–Crippen MR) is 82.5 cm³/mol. The fourth-order valence-corrected chi connectivity index (χ4v) is 4.10. The van der Waals surface area contributed by atoms with Crippen LogP contribution >= 0.6 is 11.3 Å². The molecular weight excluding hydrogens is 268 g/mol. The largest absolute Gasteiger partial charge is 0.497 e. The number of aromatic nitrogens is 1. The maximum absolute atomic E-state index is 6.74. The molecule has 1 aliphatic carbocycles. The third-order valence-electron chi connectivity index (χ3n) is 4.20. The molecule has 1 aliphatic rings. The number of nitrogens with zero attached hydrogens (tertiary/aromatic N) is 1. The van der Waals surface area contributed by atoms with E-state index in [1.807, 2.05) is 6.07 Å². The number of ether oxygens (including phenoxy) is 1. The Labute approximate surface area is 123 Å². The van der Waals surface area contributed by atoms with Crippen LogP contribution in [0.5, 0.6) is 5.75 Å². The summed E-state index contributed by atoms with van der Waals surface area (Å²) in [5, 5.41) is 1.04. The molecule has 2 aromatic rings. The van der Waals surface area contributed by atoms with Crippen LogP contribution in [0.1, 0.15) is 40.1 Å². The van der Waals surface area contributed by atoms with Gasteiger partial charge in [0.05, 0.1) is 18.3 Å². The zero-order chi connectivity index (χ0) is 14.3. The average molecular weight is 288 g/mol. The molecule has 1 unspecified atom stereocenters. The van der Waals surface area contributed by atoms with E-state index in [-0.39, 0.29) is 0 Å².